The van der Waals surface area contributed by atoms with Gasteiger partial charge in [0.2, 0.25) is 6.20 Å². The molecule has 0 fully saturated rings. The van der Waals surface area contributed by atoms with Gasteiger partial charge in [-0.25, -0.2) is 0 Å². The van der Waals surface area contributed by atoms with E-state index in [9.17, 15) is 9.59 Å². The van der Waals surface area contributed by atoms with E-state index in [-0.39, 0.29) is 11.6 Å². The van der Waals surface area contributed by atoms with Crippen LogP contribution in [-0.2, 0) is 6.54 Å². The normalized spacial score (nSPS) is 10.1. The Bertz CT molecular complexity index is 932. The number of H-pyrrole nitrogens is 2. The first-order valence-corrected chi connectivity index (χ1v) is 10.1. The summed E-state index contributed by atoms with van der Waals surface area (Å²) in [7, 11) is 1.65. The Hall–Kier alpha value is -1.76. The van der Waals surface area contributed by atoms with E-state index < -0.39 is 0 Å². The molecule has 27 heavy (non-hydrogen) atoms. The number of carbonyl (C=O) groups is 2. The number of nitrogens with zero attached hydrogens (tertiary/aromatic N) is 2. The third kappa shape index (κ3) is 6.13. The maximum atomic E-state index is 11.3. The molecule has 3 aromatic rings. The highest BCUT2D eigenvalue weighted by atomic mass is 127. The molecule has 0 spiro atoms. The number of halogens is 2. The zero-order valence-electron chi connectivity index (χ0n) is 15.0. The van der Waals surface area contributed by atoms with Crippen molar-refractivity contribution in [1.82, 2.24) is 15.3 Å². The van der Waals surface area contributed by atoms with E-state index in [2.05, 4.69) is 60.5 Å². The highest BCUT2D eigenvalue weighted by Crippen LogP contribution is 2.12. The number of nitrogens with one attached hydrogen (secondary N) is 2. The summed E-state index contributed by atoms with van der Waals surface area (Å²) < 4.78 is 8.83. The fourth-order valence-electron chi connectivity index (χ4n) is 2.21. The maximum Gasteiger partial charge on any atom is 0.209 e. The molecule has 0 bridgehead atoms. The summed E-state index contributed by atoms with van der Waals surface area (Å²) in [6, 6.07) is 7.87. The molecule has 0 aliphatic carbocycles. The summed E-state index contributed by atoms with van der Waals surface area (Å²) >= 11 is 4.21. The van der Waals surface area contributed by atoms with E-state index in [1.165, 1.54) is 6.92 Å². The lowest BCUT2D eigenvalue weighted by molar-refractivity contribution is -0.742. The average molecular weight is 593 g/mol. The first-order chi connectivity index (χ1) is 12.8. The van der Waals surface area contributed by atoms with Crippen molar-refractivity contribution < 1.29 is 19.0 Å². The summed E-state index contributed by atoms with van der Waals surface area (Å²) in [5.74, 6) is 0.916. The van der Waals surface area contributed by atoms with Gasteiger partial charge in [0.15, 0.2) is 23.8 Å². The van der Waals surface area contributed by atoms with Crippen LogP contribution in [-0.4, -0.2) is 34.0 Å². The largest absolute Gasteiger partial charge is 0.497 e. The van der Waals surface area contributed by atoms with Crippen molar-refractivity contribution in [2.45, 2.75) is 20.4 Å². The molecule has 1 aromatic carbocycles. The van der Waals surface area contributed by atoms with Gasteiger partial charge >= 0.3 is 0 Å². The van der Waals surface area contributed by atoms with Gasteiger partial charge in [0.05, 0.1) is 16.9 Å². The molecular weight excluding hydrogens is 574 g/mol. The third-order valence-electron chi connectivity index (χ3n) is 3.57. The second-order valence-corrected chi connectivity index (χ2v) is 7.97. The molecule has 3 rings (SSSR count). The van der Waals surface area contributed by atoms with E-state index in [0.717, 1.165) is 18.5 Å². The summed E-state index contributed by atoms with van der Waals surface area (Å²) in [4.78, 5) is 22.0. The second kappa shape index (κ2) is 9.97. The summed E-state index contributed by atoms with van der Waals surface area (Å²) in [5.41, 5.74) is 2.40. The Kier molecular flexibility index (Phi) is 7.95. The molecule has 0 atom stereocenters. The fourth-order valence-corrected chi connectivity index (χ4v) is 3.68. The number of methoxy groups -OCH3 is 1. The van der Waals surface area contributed by atoms with Crippen molar-refractivity contribution in [3.05, 3.63) is 60.8 Å². The Morgan fingerprint density at radius 1 is 1.07 bits per heavy atom. The van der Waals surface area contributed by atoms with Crippen molar-refractivity contribution in [2.75, 3.05) is 7.11 Å². The fraction of sp³-hybridized carbons (Fsp3) is 0.222. The maximum absolute atomic E-state index is 11.3. The quantitative estimate of drug-likeness (QED) is 0.270. The van der Waals surface area contributed by atoms with Crippen LogP contribution in [0.2, 0.25) is 0 Å². The summed E-state index contributed by atoms with van der Waals surface area (Å²) in [6.45, 7) is 3.77. The first-order valence-electron chi connectivity index (χ1n) is 7.93. The van der Waals surface area contributed by atoms with Crippen LogP contribution in [0, 0.1) is 7.14 Å². The van der Waals surface area contributed by atoms with E-state index in [4.69, 9.17) is 4.74 Å². The number of rotatable bonds is 5. The number of aromatic amines is 2. The number of benzene rings is 1. The SMILES string of the molecule is CC(=O)c1[nH]ncc1I.COc1ccc(C[n+]2cc(I)c(C(C)=O)[nH]2)cc1. The van der Waals surface area contributed by atoms with Crippen molar-refractivity contribution >= 4 is 56.7 Å². The van der Waals surface area contributed by atoms with Gasteiger partial charge in [-0.1, -0.05) is 0 Å². The smallest absolute Gasteiger partial charge is 0.209 e. The van der Waals surface area contributed by atoms with Crippen LogP contribution in [0.1, 0.15) is 40.4 Å². The second-order valence-electron chi connectivity index (χ2n) is 5.65. The van der Waals surface area contributed by atoms with Crippen molar-refractivity contribution in [3.63, 3.8) is 0 Å². The van der Waals surface area contributed by atoms with Gasteiger partial charge in [-0.15, -0.1) is 4.68 Å². The Morgan fingerprint density at radius 2 is 1.70 bits per heavy atom. The van der Waals surface area contributed by atoms with Gasteiger partial charge in [0, 0.05) is 19.4 Å². The minimum Gasteiger partial charge on any atom is -0.497 e. The van der Waals surface area contributed by atoms with Crippen LogP contribution >= 0.6 is 45.2 Å². The van der Waals surface area contributed by atoms with Crippen LogP contribution in [0.5, 0.6) is 5.75 Å². The van der Waals surface area contributed by atoms with E-state index >= 15 is 0 Å². The topological polar surface area (TPSA) is 91.7 Å². The number of aromatic nitrogens is 4. The molecular formula is C18H19I2N4O3+. The van der Waals surface area contributed by atoms with Crippen LogP contribution < -0.4 is 9.42 Å². The highest BCUT2D eigenvalue weighted by molar-refractivity contribution is 14.1. The van der Waals surface area contributed by atoms with Gasteiger partial charge in [-0.3, -0.25) is 14.7 Å². The van der Waals surface area contributed by atoms with E-state index in [1.54, 1.807) is 20.2 Å². The van der Waals surface area contributed by atoms with E-state index in [0.29, 0.717) is 17.9 Å². The zero-order valence-corrected chi connectivity index (χ0v) is 19.4. The minimum atomic E-state index is 0.0249. The molecule has 0 amide bonds. The van der Waals surface area contributed by atoms with Crippen LogP contribution in [0.25, 0.3) is 0 Å². The van der Waals surface area contributed by atoms with Gasteiger partial charge in [0.25, 0.3) is 0 Å². The number of Topliss-reactive ketones (excluding diaryl/α,β-unsaturated/α-hetero) is 2. The molecule has 2 aromatic heterocycles. The molecule has 2 heterocycles. The summed E-state index contributed by atoms with van der Waals surface area (Å²) in [5, 5.41) is 9.37. The highest BCUT2D eigenvalue weighted by Gasteiger charge is 2.16. The monoisotopic (exact) mass is 593 g/mol. The van der Waals surface area contributed by atoms with Gasteiger partial charge in [-0.05, 0) is 69.4 Å². The number of ketones is 2. The number of carbonyl (C=O) groups excluding carboxylic acids is 2. The molecule has 0 radical (unpaired) electrons. The lowest BCUT2D eigenvalue weighted by Gasteiger charge is -1.99. The molecule has 7 nitrogen and oxygen atoms in total. The molecule has 0 saturated heterocycles. The van der Waals surface area contributed by atoms with Crippen molar-refractivity contribution in [1.29, 1.82) is 0 Å². The molecule has 2 N–H and O–H groups in total. The first kappa shape index (κ1) is 21.5. The Labute approximate surface area is 184 Å². The lowest BCUT2D eigenvalue weighted by Crippen LogP contribution is -2.35. The number of hydrogen-bond donors (Lipinski definition) is 2. The lowest BCUT2D eigenvalue weighted by atomic mass is 10.2. The molecule has 142 valence electrons. The van der Waals surface area contributed by atoms with E-state index in [1.807, 2.05) is 35.1 Å². The van der Waals surface area contributed by atoms with Crippen LogP contribution in [0.3, 0.4) is 0 Å². The Morgan fingerprint density at radius 3 is 2.11 bits per heavy atom. The third-order valence-corrected chi connectivity index (χ3v) is 5.21. The van der Waals surface area contributed by atoms with Crippen molar-refractivity contribution in [2.24, 2.45) is 0 Å². The van der Waals surface area contributed by atoms with Crippen LogP contribution in [0.4, 0.5) is 0 Å². The standard InChI is InChI=1S/C13H13IN2O2.C5H5IN2O/c1-9(17)13-12(14)8-16(15-13)7-10-3-5-11(18-2)6-4-10;1-3(9)5-4(6)2-7-8-5/h3-6,8H,7H2,1-2H3;2H,1H3,(H,7,8)/p+1. The van der Waals surface area contributed by atoms with Gasteiger partial charge < -0.3 is 4.74 Å². The Balaban J connectivity index is 0.000000244. The zero-order chi connectivity index (χ0) is 20.0. The average Bonchev–Trinajstić information content (AvgIpc) is 3.22. The number of hydrogen-bond acceptors (Lipinski definition) is 4. The molecule has 0 saturated carbocycles. The van der Waals surface area contributed by atoms with Crippen molar-refractivity contribution in [3.8, 4) is 5.75 Å². The predicted molar refractivity (Wildman–Crippen MR) is 117 cm³/mol. The molecule has 0 aliphatic heterocycles. The summed E-state index contributed by atoms with van der Waals surface area (Å²) in [6.07, 6.45) is 3.55. The van der Waals surface area contributed by atoms with Gasteiger partial charge in [-0.2, -0.15) is 10.2 Å². The molecule has 9 heteroatoms. The molecule has 0 aliphatic rings. The minimum absolute atomic E-state index is 0.0249. The van der Waals surface area contributed by atoms with Crippen LogP contribution in [0.15, 0.2) is 36.7 Å². The molecule has 0 unspecified atom stereocenters. The predicted octanol–water partition coefficient (Wildman–Crippen LogP) is 3.38. The van der Waals surface area contributed by atoms with Gasteiger partial charge in [0.1, 0.15) is 15.0 Å². The number of ether oxygens (including phenoxy) is 1.